The van der Waals surface area contributed by atoms with Crippen molar-refractivity contribution in [2.24, 2.45) is 5.92 Å². The lowest BCUT2D eigenvalue weighted by atomic mass is 9.97. The maximum Gasteiger partial charge on any atom is 0.243 e. The molecule has 1 atom stereocenters. The number of benzene rings is 2. The summed E-state index contributed by atoms with van der Waals surface area (Å²) >= 11 is 0. The van der Waals surface area contributed by atoms with Gasteiger partial charge >= 0.3 is 0 Å². The van der Waals surface area contributed by atoms with Crippen molar-refractivity contribution in [1.29, 1.82) is 5.26 Å². The molecule has 0 unspecified atom stereocenters. The minimum atomic E-state index is -3.67. The molecule has 0 spiro atoms. The van der Waals surface area contributed by atoms with E-state index in [0.29, 0.717) is 30.0 Å². The van der Waals surface area contributed by atoms with Crippen LogP contribution in [0.5, 0.6) is 0 Å². The van der Waals surface area contributed by atoms with Crippen LogP contribution in [0.3, 0.4) is 0 Å². The number of rotatable bonds is 5. The summed E-state index contributed by atoms with van der Waals surface area (Å²) in [6, 6.07) is 13.6. The van der Waals surface area contributed by atoms with Gasteiger partial charge in [-0.05, 0) is 75.3 Å². The Hall–Kier alpha value is -2.69. The zero-order valence-electron chi connectivity index (χ0n) is 18.8. The topological polar surface area (TPSA) is 90.3 Å². The number of hydrogen-bond donors (Lipinski definition) is 1. The summed E-state index contributed by atoms with van der Waals surface area (Å²) < 4.78 is 28.3. The number of nitrogens with one attached hydrogen (secondary N) is 1. The number of hydrogen-bond acceptors (Lipinski definition) is 4. The first-order valence-corrected chi connectivity index (χ1v) is 12.5. The Kier molecular flexibility index (Phi) is 5.87. The Balaban J connectivity index is 1.47. The van der Waals surface area contributed by atoms with Crippen LogP contribution >= 0.6 is 0 Å². The number of sulfonamides is 1. The summed E-state index contributed by atoms with van der Waals surface area (Å²) in [6.45, 7) is 6.20. The number of aryl methyl sites for hydroxylation is 3. The van der Waals surface area contributed by atoms with Crippen molar-refractivity contribution in [3.05, 3.63) is 58.7 Å². The second-order valence-electron chi connectivity index (χ2n) is 9.19. The smallest absolute Gasteiger partial charge is 0.243 e. The number of amides is 1. The fourth-order valence-corrected chi connectivity index (χ4v) is 6.72. The average Bonchev–Trinajstić information content (AvgIpc) is 3.55. The molecule has 1 heterocycles. The van der Waals surface area contributed by atoms with Crippen LogP contribution < -0.4 is 5.32 Å². The third-order valence-electron chi connectivity index (χ3n) is 6.63. The van der Waals surface area contributed by atoms with Gasteiger partial charge in [-0.15, -0.1) is 0 Å². The van der Waals surface area contributed by atoms with Crippen molar-refractivity contribution in [2.75, 3.05) is 18.4 Å². The molecule has 0 radical (unpaired) electrons. The minimum absolute atomic E-state index is 0.170. The molecule has 2 fully saturated rings. The van der Waals surface area contributed by atoms with Crippen LogP contribution in [0, 0.1) is 38.0 Å². The van der Waals surface area contributed by atoms with Crippen LogP contribution in [0.4, 0.5) is 5.69 Å². The van der Waals surface area contributed by atoms with E-state index in [9.17, 15) is 18.5 Å². The van der Waals surface area contributed by atoms with Gasteiger partial charge < -0.3 is 5.32 Å². The molecule has 0 bridgehead atoms. The molecule has 2 aliphatic rings. The summed E-state index contributed by atoms with van der Waals surface area (Å²) in [5.74, 6) is -0.574. The predicted molar refractivity (Wildman–Crippen MR) is 124 cm³/mol. The fourth-order valence-electron chi connectivity index (χ4n) is 4.78. The number of anilines is 1. The molecule has 2 aromatic rings. The SMILES string of the molecule is Cc1cc(C)c(S(=O)(=O)N2CCC[C@@H](C(=O)Nc3ccc(C4(C#N)CC4)cc3)C2)c(C)c1. The first kappa shape index (κ1) is 22.5. The standard InChI is InChI=1S/C25H29N3O3S/c1-17-13-18(2)23(19(3)14-17)32(30,31)28-12-4-5-20(15-28)24(29)27-22-8-6-21(7-9-22)25(16-26)10-11-25/h6-9,13-14,20H,4-5,10-12,15H2,1-3H3,(H,27,29)/t20-/m1/s1. The number of nitrogens with zero attached hydrogens (tertiary/aromatic N) is 2. The lowest BCUT2D eigenvalue weighted by molar-refractivity contribution is -0.120. The van der Waals surface area contributed by atoms with Crippen LogP contribution in [-0.4, -0.2) is 31.7 Å². The van der Waals surface area contributed by atoms with Crippen LogP contribution in [0.15, 0.2) is 41.3 Å². The summed E-state index contributed by atoms with van der Waals surface area (Å²) in [6.07, 6.45) is 3.05. The van der Waals surface area contributed by atoms with Gasteiger partial charge in [0, 0.05) is 18.8 Å². The Morgan fingerprint density at radius 1 is 1.12 bits per heavy atom. The number of carbonyl (C=O) groups is 1. The molecule has 0 aromatic heterocycles. The molecule has 7 heteroatoms. The quantitative estimate of drug-likeness (QED) is 0.737. The maximum atomic E-state index is 13.4. The van der Waals surface area contributed by atoms with Gasteiger partial charge in [-0.3, -0.25) is 4.79 Å². The average molecular weight is 452 g/mol. The lowest BCUT2D eigenvalue weighted by Crippen LogP contribution is -2.44. The molecule has 2 aromatic carbocycles. The number of carbonyl (C=O) groups excluding carboxylic acids is 1. The Bertz CT molecular complexity index is 1170. The van der Waals surface area contributed by atoms with Crippen molar-refractivity contribution >= 4 is 21.6 Å². The van der Waals surface area contributed by atoms with E-state index in [-0.39, 0.29) is 17.9 Å². The lowest BCUT2D eigenvalue weighted by Gasteiger charge is -2.32. The van der Waals surface area contributed by atoms with Crippen molar-refractivity contribution < 1.29 is 13.2 Å². The minimum Gasteiger partial charge on any atom is -0.326 e. The van der Waals surface area contributed by atoms with E-state index >= 15 is 0 Å². The Morgan fingerprint density at radius 3 is 2.31 bits per heavy atom. The van der Waals surface area contributed by atoms with Gasteiger partial charge in [0.05, 0.1) is 22.3 Å². The molecular formula is C25H29N3O3S. The fraction of sp³-hybridized carbons (Fsp3) is 0.440. The van der Waals surface area contributed by atoms with Gasteiger partial charge in [-0.1, -0.05) is 29.8 Å². The van der Waals surface area contributed by atoms with Crippen molar-refractivity contribution in [1.82, 2.24) is 4.31 Å². The molecule has 168 valence electrons. The summed E-state index contributed by atoms with van der Waals surface area (Å²) in [4.78, 5) is 13.3. The summed E-state index contributed by atoms with van der Waals surface area (Å²) in [7, 11) is -3.67. The predicted octanol–water partition coefficient (Wildman–Crippen LogP) is 4.21. The van der Waals surface area contributed by atoms with E-state index in [1.54, 1.807) is 0 Å². The number of piperidine rings is 1. The molecule has 1 aliphatic carbocycles. The zero-order chi connectivity index (χ0) is 23.1. The van der Waals surface area contributed by atoms with Gasteiger partial charge in [0.1, 0.15) is 0 Å². The molecule has 6 nitrogen and oxygen atoms in total. The van der Waals surface area contributed by atoms with Gasteiger partial charge in [0.2, 0.25) is 15.9 Å². The molecule has 32 heavy (non-hydrogen) atoms. The highest BCUT2D eigenvalue weighted by atomic mass is 32.2. The maximum absolute atomic E-state index is 13.4. The third kappa shape index (κ3) is 4.17. The normalized spacial score (nSPS) is 20.4. The first-order valence-electron chi connectivity index (χ1n) is 11.1. The van der Waals surface area contributed by atoms with Crippen LogP contribution in [0.1, 0.15) is 47.9 Å². The molecule has 1 amide bonds. The van der Waals surface area contributed by atoms with Crippen molar-refractivity contribution in [3.8, 4) is 6.07 Å². The number of nitriles is 1. The Morgan fingerprint density at radius 2 is 1.75 bits per heavy atom. The highest BCUT2D eigenvalue weighted by Gasteiger charge is 2.44. The Labute approximate surface area is 190 Å². The third-order valence-corrected chi connectivity index (χ3v) is 8.80. The van der Waals surface area contributed by atoms with Crippen LogP contribution in [0.2, 0.25) is 0 Å². The monoisotopic (exact) mass is 451 g/mol. The van der Waals surface area contributed by atoms with E-state index in [1.807, 2.05) is 57.2 Å². The molecule has 1 saturated heterocycles. The van der Waals surface area contributed by atoms with Crippen LogP contribution in [-0.2, 0) is 20.2 Å². The van der Waals surface area contributed by atoms with E-state index in [4.69, 9.17) is 0 Å². The van der Waals surface area contributed by atoms with Gasteiger partial charge in [0.25, 0.3) is 0 Å². The molecule has 1 aliphatic heterocycles. The second-order valence-corrected chi connectivity index (χ2v) is 11.1. The first-order chi connectivity index (χ1) is 15.2. The van der Waals surface area contributed by atoms with Crippen LogP contribution in [0.25, 0.3) is 0 Å². The highest BCUT2D eigenvalue weighted by Crippen LogP contribution is 2.47. The van der Waals surface area contributed by atoms with Gasteiger partial charge in [0.15, 0.2) is 0 Å². The second kappa shape index (κ2) is 8.34. The largest absolute Gasteiger partial charge is 0.326 e. The van der Waals surface area contributed by atoms with E-state index < -0.39 is 15.9 Å². The molecule has 1 N–H and O–H groups in total. The van der Waals surface area contributed by atoms with E-state index in [2.05, 4.69) is 11.4 Å². The molecule has 4 rings (SSSR count). The molecule has 1 saturated carbocycles. The highest BCUT2D eigenvalue weighted by molar-refractivity contribution is 7.89. The zero-order valence-corrected chi connectivity index (χ0v) is 19.6. The van der Waals surface area contributed by atoms with Crippen molar-refractivity contribution in [2.45, 2.75) is 56.8 Å². The van der Waals surface area contributed by atoms with Gasteiger partial charge in [-0.2, -0.15) is 9.57 Å². The van der Waals surface area contributed by atoms with Crippen molar-refractivity contribution in [3.63, 3.8) is 0 Å². The molecular weight excluding hydrogens is 422 g/mol. The van der Waals surface area contributed by atoms with E-state index in [0.717, 1.165) is 35.1 Å². The summed E-state index contributed by atoms with van der Waals surface area (Å²) in [5, 5.41) is 12.3. The van der Waals surface area contributed by atoms with Gasteiger partial charge in [-0.25, -0.2) is 8.42 Å². The summed E-state index contributed by atoms with van der Waals surface area (Å²) in [5.41, 5.74) is 3.80. The van der Waals surface area contributed by atoms with E-state index in [1.165, 1.54) is 4.31 Å².